The Balaban J connectivity index is 2.31. The smallest absolute Gasteiger partial charge is 0.151 e. The van der Waals surface area contributed by atoms with Crippen LogP contribution >= 0.6 is 0 Å². The lowest BCUT2D eigenvalue weighted by atomic mass is 10.1. The maximum absolute atomic E-state index is 11.4. The molecule has 1 saturated heterocycles. The number of hydrogen-bond donors (Lipinski definition) is 1. The standard InChI is InChI=1S/C10H21NO3S/c1-3-15(12,13)8-9(2)11-10-4-6-14-7-5-10/h9-11H,3-8H2,1-2H3. The second-order valence-electron chi connectivity index (χ2n) is 4.15. The third kappa shape index (κ3) is 4.95. The zero-order valence-electron chi connectivity index (χ0n) is 9.53. The monoisotopic (exact) mass is 235 g/mol. The second-order valence-corrected chi connectivity index (χ2v) is 6.55. The van der Waals surface area contributed by atoms with Crippen molar-refractivity contribution in [3.05, 3.63) is 0 Å². The molecule has 0 amide bonds. The number of hydrogen-bond acceptors (Lipinski definition) is 4. The first-order chi connectivity index (χ1) is 7.03. The highest BCUT2D eigenvalue weighted by molar-refractivity contribution is 7.91. The van der Waals surface area contributed by atoms with Crippen molar-refractivity contribution in [1.82, 2.24) is 5.32 Å². The van der Waals surface area contributed by atoms with E-state index >= 15 is 0 Å². The summed E-state index contributed by atoms with van der Waals surface area (Å²) in [5, 5.41) is 3.35. The molecule has 0 aromatic heterocycles. The van der Waals surface area contributed by atoms with Crippen LogP contribution in [0.3, 0.4) is 0 Å². The molecule has 90 valence electrons. The van der Waals surface area contributed by atoms with Gasteiger partial charge < -0.3 is 10.1 Å². The Morgan fingerprint density at radius 2 is 2.00 bits per heavy atom. The third-order valence-corrected chi connectivity index (χ3v) is 4.57. The topological polar surface area (TPSA) is 55.4 Å². The van der Waals surface area contributed by atoms with E-state index in [0.29, 0.717) is 6.04 Å². The van der Waals surface area contributed by atoms with Gasteiger partial charge in [0, 0.05) is 31.1 Å². The van der Waals surface area contributed by atoms with Gasteiger partial charge in [-0.15, -0.1) is 0 Å². The maximum Gasteiger partial charge on any atom is 0.151 e. The summed E-state index contributed by atoms with van der Waals surface area (Å²) in [6.45, 7) is 5.19. The van der Waals surface area contributed by atoms with E-state index in [1.807, 2.05) is 6.92 Å². The summed E-state index contributed by atoms with van der Waals surface area (Å²) in [6, 6.07) is 0.457. The lowest BCUT2D eigenvalue weighted by molar-refractivity contribution is 0.0761. The average Bonchev–Trinajstić information content (AvgIpc) is 2.18. The highest BCUT2D eigenvalue weighted by atomic mass is 32.2. The van der Waals surface area contributed by atoms with Crippen molar-refractivity contribution < 1.29 is 13.2 Å². The molecule has 0 aromatic rings. The predicted molar refractivity (Wildman–Crippen MR) is 60.8 cm³/mol. The van der Waals surface area contributed by atoms with Gasteiger partial charge in [0.1, 0.15) is 0 Å². The van der Waals surface area contributed by atoms with Gasteiger partial charge in [-0.1, -0.05) is 6.92 Å². The fourth-order valence-electron chi connectivity index (χ4n) is 1.81. The Morgan fingerprint density at radius 3 is 2.53 bits per heavy atom. The minimum Gasteiger partial charge on any atom is -0.381 e. The summed E-state index contributed by atoms with van der Waals surface area (Å²) >= 11 is 0. The molecule has 1 aliphatic heterocycles. The molecule has 0 spiro atoms. The van der Waals surface area contributed by atoms with E-state index in [9.17, 15) is 8.42 Å². The second kappa shape index (κ2) is 5.82. The Labute approximate surface area is 92.3 Å². The molecule has 5 heteroatoms. The van der Waals surface area contributed by atoms with Crippen LogP contribution in [0.4, 0.5) is 0 Å². The van der Waals surface area contributed by atoms with Gasteiger partial charge in [-0.05, 0) is 19.8 Å². The van der Waals surface area contributed by atoms with Gasteiger partial charge in [-0.25, -0.2) is 8.42 Å². The van der Waals surface area contributed by atoms with Gasteiger partial charge in [0.25, 0.3) is 0 Å². The van der Waals surface area contributed by atoms with Crippen LogP contribution < -0.4 is 5.32 Å². The van der Waals surface area contributed by atoms with Crippen molar-refractivity contribution >= 4 is 9.84 Å². The van der Waals surface area contributed by atoms with Crippen molar-refractivity contribution in [2.45, 2.75) is 38.8 Å². The van der Waals surface area contributed by atoms with E-state index in [1.54, 1.807) is 6.92 Å². The first-order valence-corrected chi connectivity index (χ1v) is 7.40. The van der Waals surface area contributed by atoms with E-state index in [-0.39, 0.29) is 17.5 Å². The number of sulfone groups is 1. The Morgan fingerprint density at radius 1 is 1.40 bits per heavy atom. The zero-order chi connectivity index (χ0) is 11.3. The summed E-state index contributed by atoms with van der Waals surface area (Å²) in [5.74, 6) is 0.466. The molecule has 0 bridgehead atoms. The van der Waals surface area contributed by atoms with Gasteiger partial charge in [0.2, 0.25) is 0 Å². The predicted octanol–water partition coefficient (Wildman–Crippen LogP) is 0.578. The molecule has 4 nitrogen and oxygen atoms in total. The van der Waals surface area contributed by atoms with Crippen LogP contribution in [0.15, 0.2) is 0 Å². The molecule has 1 aliphatic rings. The minimum atomic E-state index is -2.86. The molecule has 1 fully saturated rings. The first kappa shape index (κ1) is 12.9. The molecular weight excluding hydrogens is 214 g/mol. The Bertz CT molecular complexity index is 270. The molecule has 1 unspecified atom stereocenters. The van der Waals surface area contributed by atoms with E-state index in [2.05, 4.69) is 5.32 Å². The van der Waals surface area contributed by atoms with Crippen molar-refractivity contribution in [1.29, 1.82) is 0 Å². The first-order valence-electron chi connectivity index (χ1n) is 5.57. The lowest BCUT2D eigenvalue weighted by Crippen LogP contribution is -2.43. The largest absolute Gasteiger partial charge is 0.381 e. The highest BCUT2D eigenvalue weighted by Crippen LogP contribution is 2.07. The van der Waals surface area contributed by atoms with Crippen LogP contribution in [0.25, 0.3) is 0 Å². The number of nitrogens with one attached hydrogen (secondary N) is 1. The lowest BCUT2D eigenvalue weighted by Gasteiger charge is -2.26. The van der Waals surface area contributed by atoms with Crippen LogP contribution in [-0.4, -0.2) is 45.2 Å². The Hall–Kier alpha value is -0.130. The summed E-state index contributed by atoms with van der Waals surface area (Å²) in [7, 11) is -2.86. The molecule has 1 rings (SSSR count). The zero-order valence-corrected chi connectivity index (χ0v) is 10.3. The third-order valence-electron chi connectivity index (χ3n) is 2.69. The van der Waals surface area contributed by atoms with Crippen LogP contribution in [0.5, 0.6) is 0 Å². The highest BCUT2D eigenvalue weighted by Gasteiger charge is 2.19. The molecule has 0 saturated carbocycles. The molecule has 0 aromatic carbocycles. The normalized spacial score (nSPS) is 21.5. The van der Waals surface area contributed by atoms with Crippen molar-refractivity contribution in [3.63, 3.8) is 0 Å². The van der Waals surface area contributed by atoms with E-state index in [4.69, 9.17) is 4.74 Å². The molecule has 0 radical (unpaired) electrons. The van der Waals surface area contributed by atoms with Crippen LogP contribution in [0.2, 0.25) is 0 Å². The van der Waals surface area contributed by atoms with E-state index in [0.717, 1.165) is 26.1 Å². The van der Waals surface area contributed by atoms with Gasteiger partial charge in [-0.3, -0.25) is 0 Å². The molecule has 15 heavy (non-hydrogen) atoms. The molecular formula is C10H21NO3S. The van der Waals surface area contributed by atoms with Gasteiger partial charge in [0.05, 0.1) is 5.75 Å². The van der Waals surface area contributed by atoms with Crippen LogP contribution in [0, 0.1) is 0 Å². The summed E-state index contributed by atoms with van der Waals surface area (Å²) in [5.41, 5.74) is 0. The van der Waals surface area contributed by atoms with Crippen molar-refractivity contribution in [2.24, 2.45) is 0 Å². The van der Waals surface area contributed by atoms with E-state index < -0.39 is 9.84 Å². The van der Waals surface area contributed by atoms with Crippen LogP contribution in [0.1, 0.15) is 26.7 Å². The molecule has 1 heterocycles. The number of ether oxygens (including phenoxy) is 1. The molecule has 1 atom stereocenters. The van der Waals surface area contributed by atoms with Gasteiger partial charge in [-0.2, -0.15) is 0 Å². The van der Waals surface area contributed by atoms with Crippen molar-refractivity contribution in [3.8, 4) is 0 Å². The Kier molecular flexibility index (Phi) is 5.02. The fraction of sp³-hybridized carbons (Fsp3) is 1.00. The minimum absolute atomic E-state index is 0.0399. The maximum atomic E-state index is 11.4. The van der Waals surface area contributed by atoms with Gasteiger partial charge in [0.15, 0.2) is 9.84 Å². The average molecular weight is 235 g/mol. The summed E-state index contributed by atoms with van der Waals surface area (Å²) < 4.78 is 28.0. The fourth-order valence-corrected chi connectivity index (χ4v) is 2.91. The van der Waals surface area contributed by atoms with E-state index in [1.165, 1.54) is 0 Å². The molecule has 0 aliphatic carbocycles. The van der Waals surface area contributed by atoms with Gasteiger partial charge >= 0.3 is 0 Å². The van der Waals surface area contributed by atoms with Crippen LogP contribution in [-0.2, 0) is 14.6 Å². The molecule has 1 N–H and O–H groups in total. The summed E-state index contributed by atoms with van der Waals surface area (Å²) in [6.07, 6.45) is 1.97. The quantitative estimate of drug-likeness (QED) is 0.757. The SMILES string of the molecule is CCS(=O)(=O)CC(C)NC1CCOCC1. The number of rotatable bonds is 5. The van der Waals surface area contributed by atoms with Crippen molar-refractivity contribution in [2.75, 3.05) is 24.7 Å². The summed E-state index contributed by atoms with van der Waals surface area (Å²) in [4.78, 5) is 0.